The van der Waals surface area contributed by atoms with E-state index in [9.17, 15) is 4.79 Å². The minimum Gasteiger partial charge on any atom is -0.335 e. The van der Waals surface area contributed by atoms with Crippen LogP contribution in [-0.2, 0) is 0 Å². The van der Waals surface area contributed by atoms with Gasteiger partial charge in [-0.15, -0.1) is 6.58 Å². The second-order valence-electron chi connectivity index (χ2n) is 4.94. The molecular weight excluding hydrogens is 188 g/mol. The lowest BCUT2D eigenvalue weighted by Crippen LogP contribution is -2.50. The largest absolute Gasteiger partial charge is 0.335 e. The highest BCUT2D eigenvalue weighted by Gasteiger charge is 2.35. The topological polar surface area (TPSA) is 32.3 Å². The molecule has 1 saturated heterocycles. The maximum absolute atomic E-state index is 11.9. The monoisotopic (exact) mass is 210 g/mol. The van der Waals surface area contributed by atoms with E-state index in [1.807, 2.05) is 17.9 Å². The quantitative estimate of drug-likeness (QED) is 0.713. The van der Waals surface area contributed by atoms with Crippen LogP contribution in [0.4, 0.5) is 4.79 Å². The van der Waals surface area contributed by atoms with E-state index in [2.05, 4.69) is 25.7 Å². The van der Waals surface area contributed by atoms with Crippen molar-refractivity contribution in [3.8, 4) is 0 Å². The van der Waals surface area contributed by atoms with Crippen molar-refractivity contribution < 1.29 is 4.79 Å². The summed E-state index contributed by atoms with van der Waals surface area (Å²) in [4.78, 5) is 13.9. The highest BCUT2D eigenvalue weighted by molar-refractivity contribution is 5.75. The van der Waals surface area contributed by atoms with Gasteiger partial charge in [0.05, 0.1) is 0 Å². The first kappa shape index (κ1) is 12.1. The van der Waals surface area contributed by atoms with Gasteiger partial charge < -0.3 is 10.2 Å². The lowest BCUT2D eigenvalue weighted by molar-refractivity contribution is 0.162. The molecule has 0 bridgehead atoms. The molecule has 0 spiro atoms. The molecule has 0 saturated carbocycles. The van der Waals surface area contributed by atoms with Crippen LogP contribution >= 0.6 is 0 Å². The van der Waals surface area contributed by atoms with Crippen molar-refractivity contribution in [3.63, 3.8) is 0 Å². The number of hydrogen-bond acceptors (Lipinski definition) is 1. The molecule has 3 nitrogen and oxygen atoms in total. The van der Waals surface area contributed by atoms with Crippen molar-refractivity contribution in [2.24, 2.45) is 0 Å². The predicted molar refractivity (Wildman–Crippen MR) is 62.8 cm³/mol. The lowest BCUT2D eigenvalue weighted by Gasteiger charge is -2.32. The molecule has 0 aromatic rings. The van der Waals surface area contributed by atoms with Crippen molar-refractivity contribution in [2.45, 2.75) is 51.6 Å². The van der Waals surface area contributed by atoms with Crippen LogP contribution in [0.15, 0.2) is 12.7 Å². The van der Waals surface area contributed by atoms with E-state index >= 15 is 0 Å². The van der Waals surface area contributed by atoms with Gasteiger partial charge in [-0.3, -0.25) is 0 Å². The Morgan fingerprint density at radius 3 is 2.80 bits per heavy atom. The Morgan fingerprint density at radius 2 is 2.33 bits per heavy atom. The predicted octanol–water partition coefficient (Wildman–Crippen LogP) is 2.54. The van der Waals surface area contributed by atoms with Gasteiger partial charge in [0, 0.05) is 18.1 Å². The number of amides is 2. The summed E-state index contributed by atoms with van der Waals surface area (Å²) in [6, 6.07) is 0.234. The number of carbonyl (C=O) groups excluding carboxylic acids is 1. The molecule has 1 rings (SSSR count). The molecule has 1 N–H and O–H groups in total. The molecule has 0 aromatic heterocycles. The zero-order valence-electron chi connectivity index (χ0n) is 10.0. The molecule has 0 unspecified atom stereocenters. The molecular formula is C12H22N2O. The van der Waals surface area contributed by atoms with Gasteiger partial charge in [0.25, 0.3) is 0 Å². The highest BCUT2D eigenvalue weighted by atomic mass is 16.2. The van der Waals surface area contributed by atoms with Gasteiger partial charge in [-0.2, -0.15) is 0 Å². The number of hydrogen-bond donors (Lipinski definition) is 1. The van der Waals surface area contributed by atoms with Crippen LogP contribution in [0, 0.1) is 0 Å². The van der Waals surface area contributed by atoms with Gasteiger partial charge in [-0.25, -0.2) is 4.79 Å². The number of nitrogens with one attached hydrogen (secondary N) is 1. The number of rotatable bonds is 3. The van der Waals surface area contributed by atoms with Crippen LogP contribution in [0.1, 0.15) is 40.0 Å². The van der Waals surface area contributed by atoms with E-state index < -0.39 is 0 Å². The first-order chi connectivity index (χ1) is 6.97. The molecule has 0 aromatic carbocycles. The summed E-state index contributed by atoms with van der Waals surface area (Å²) in [5.74, 6) is 0. The number of urea groups is 1. The zero-order chi connectivity index (χ0) is 11.5. The standard InChI is InChI=1S/C12H22N2O/c1-5-7-10(2)13-11(15)14-9-6-8-12(14,3)4/h5,10H,1,6-9H2,2-4H3,(H,13,15)/t10-/m1/s1. The summed E-state index contributed by atoms with van der Waals surface area (Å²) in [6.45, 7) is 10.8. The molecule has 1 heterocycles. The smallest absolute Gasteiger partial charge is 0.318 e. The van der Waals surface area contributed by atoms with Crippen molar-refractivity contribution in [1.82, 2.24) is 10.2 Å². The summed E-state index contributed by atoms with van der Waals surface area (Å²) in [7, 11) is 0. The highest BCUT2D eigenvalue weighted by Crippen LogP contribution is 2.27. The second kappa shape index (κ2) is 4.69. The average molecular weight is 210 g/mol. The fraction of sp³-hybridized carbons (Fsp3) is 0.750. The van der Waals surface area contributed by atoms with Crippen molar-refractivity contribution >= 4 is 6.03 Å². The molecule has 1 fully saturated rings. The molecule has 2 amide bonds. The number of likely N-dealkylation sites (tertiary alicyclic amines) is 1. The Morgan fingerprint density at radius 1 is 1.67 bits per heavy atom. The fourth-order valence-electron chi connectivity index (χ4n) is 2.08. The molecule has 1 aliphatic heterocycles. The summed E-state index contributed by atoms with van der Waals surface area (Å²) in [6.07, 6.45) is 4.85. The SMILES string of the molecule is C=CC[C@@H](C)NC(=O)N1CCCC1(C)C. The zero-order valence-corrected chi connectivity index (χ0v) is 10.0. The summed E-state index contributed by atoms with van der Waals surface area (Å²) in [5, 5.41) is 2.99. The normalized spacial score (nSPS) is 21.1. The third-order valence-electron chi connectivity index (χ3n) is 3.04. The van der Waals surface area contributed by atoms with E-state index in [0.717, 1.165) is 25.8 Å². The molecule has 15 heavy (non-hydrogen) atoms. The first-order valence-electron chi connectivity index (χ1n) is 5.66. The van der Waals surface area contributed by atoms with Crippen molar-refractivity contribution in [1.29, 1.82) is 0 Å². The van der Waals surface area contributed by atoms with Crippen molar-refractivity contribution in [2.75, 3.05) is 6.54 Å². The number of carbonyl (C=O) groups is 1. The van der Waals surface area contributed by atoms with Crippen LogP contribution in [0.2, 0.25) is 0 Å². The average Bonchev–Trinajstić information content (AvgIpc) is 2.45. The van der Waals surface area contributed by atoms with E-state index in [1.54, 1.807) is 0 Å². The molecule has 0 radical (unpaired) electrons. The Labute approximate surface area is 92.5 Å². The Balaban J connectivity index is 2.50. The van der Waals surface area contributed by atoms with E-state index in [0.29, 0.717) is 0 Å². The minimum atomic E-state index is 0.0119. The Kier molecular flexibility index (Phi) is 3.77. The third kappa shape index (κ3) is 2.98. The Bertz CT molecular complexity index is 248. The maximum Gasteiger partial charge on any atom is 0.318 e. The van der Waals surface area contributed by atoms with Gasteiger partial charge in [-0.1, -0.05) is 6.08 Å². The van der Waals surface area contributed by atoms with Gasteiger partial charge >= 0.3 is 6.03 Å². The minimum absolute atomic E-state index is 0.0119. The molecule has 3 heteroatoms. The van der Waals surface area contributed by atoms with Crippen LogP contribution in [-0.4, -0.2) is 29.1 Å². The maximum atomic E-state index is 11.9. The summed E-state index contributed by atoms with van der Waals surface area (Å²) >= 11 is 0. The molecule has 1 aliphatic rings. The summed E-state index contributed by atoms with van der Waals surface area (Å²) < 4.78 is 0. The summed E-state index contributed by atoms with van der Waals surface area (Å²) in [5.41, 5.74) is 0.0119. The first-order valence-corrected chi connectivity index (χ1v) is 5.66. The van der Waals surface area contributed by atoms with Crippen LogP contribution in [0.3, 0.4) is 0 Å². The molecule has 0 aliphatic carbocycles. The van der Waals surface area contributed by atoms with Crippen LogP contribution in [0.25, 0.3) is 0 Å². The van der Waals surface area contributed by atoms with Gasteiger partial charge in [-0.05, 0) is 40.0 Å². The van der Waals surface area contributed by atoms with Gasteiger partial charge in [0.2, 0.25) is 0 Å². The van der Waals surface area contributed by atoms with E-state index in [1.165, 1.54) is 0 Å². The third-order valence-corrected chi connectivity index (χ3v) is 3.04. The molecule has 86 valence electrons. The number of nitrogens with zero attached hydrogens (tertiary/aromatic N) is 1. The van der Waals surface area contributed by atoms with Gasteiger partial charge in [0.15, 0.2) is 0 Å². The van der Waals surface area contributed by atoms with Gasteiger partial charge in [0.1, 0.15) is 0 Å². The van der Waals surface area contributed by atoms with Crippen molar-refractivity contribution in [3.05, 3.63) is 12.7 Å². The van der Waals surface area contributed by atoms with Crippen LogP contribution < -0.4 is 5.32 Å². The fourth-order valence-corrected chi connectivity index (χ4v) is 2.08. The van der Waals surface area contributed by atoms with E-state index in [4.69, 9.17) is 0 Å². The second-order valence-corrected chi connectivity index (χ2v) is 4.94. The molecule has 1 atom stereocenters. The van der Waals surface area contributed by atoms with E-state index in [-0.39, 0.29) is 17.6 Å². The van der Waals surface area contributed by atoms with Crippen LogP contribution in [0.5, 0.6) is 0 Å². The Hall–Kier alpha value is -0.990. The lowest BCUT2D eigenvalue weighted by atomic mass is 10.0.